The Bertz CT molecular complexity index is 1180. The van der Waals surface area contributed by atoms with Crippen LogP contribution >= 0.6 is 0 Å². The Hall–Kier alpha value is -2.95. The lowest BCUT2D eigenvalue weighted by Gasteiger charge is -2.45. The summed E-state index contributed by atoms with van der Waals surface area (Å²) in [7, 11) is 4.21. The van der Waals surface area contributed by atoms with Crippen LogP contribution in [0.1, 0.15) is 51.5 Å². The number of hydrogen-bond donors (Lipinski definition) is 0. The molecule has 5 rings (SSSR count). The second-order valence-corrected chi connectivity index (χ2v) is 12.3. The van der Waals surface area contributed by atoms with Gasteiger partial charge in [-0.3, -0.25) is 19.4 Å². The predicted molar refractivity (Wildman–Crippen MR) is 168 cm³/mol. The molecule has 1 unspecified atom stereocenters. The third kappa shape index (κ3) is 7.41. The van der Waals surface area contributed by atoms with Crippen molar-refractivity contribution in [1.29, 1.82) is 0 Å². The molecule has 4 aliphatic rings. The first-order valence-electron chi connectivity index (χ1n) is 16.2. The molecule has 0 bridgehead atoms. The summed E-state index contributed by atoms with van der Waals surface area (Å²) in [5, 5.41) is 6.76. The lowest BCUT2D eigenvalue weighted by molar-refractivity contribution is -0.154. The van der Waals surface area contributed by atoms with Gasteiger partial charge in [0.15, 0.2) is 11.5 Å². The first kappa shape index (κ1) is 31.5. The molecule has 43 heavy (non-hydrogen) atoms. The Labute approximate surface area is 257 Å². The van der Waals surface area contributed by atoms with Crippen molar-refractivity contribution in [3.8, 4) is 11.5 Å². The minimum Gasteiger partial charge on any atom is -0.490 e. The van der Waals surface area contributed by atoms with E-state index < -0.39 is 0 Å². The summed E-state index contributed by atoms with van der Waals surface area (Å²) in [5.41, 5.74) is 1.83. The Balaban J connectivity index is 1.36. The van der Waals surface area contributed by atoms with Crippen molar-refractivity contribution in [2.75, 3.05) is 79.7 Å². The third-order valence-corrected chi connectivity index (χ3v) is 9.14. The van der Waals surface area contributed by atoms with Crippen LogP contribution in [-0.4, -0.2) is 128 Å². The molecule has 10 heteroatoms. The zero-order chi connectivity index (χ0) is 30.3. The monoisotopic (exact) mass is 594 g/mol. The van der Waals surface area contributed by atoms with Crippen molar-refractivity contribution in [3.63, 3.8) is 0 Å². The quantitative estimate of drug-likeness (QED) is 0.364. The number of piperazine rings is 1. The van der Waals surface area contributed by atoms with Gasteiger partial charge in [-0.15, -0.1) is 0 Å². The highest BCUT2D eigenvalue weighted by Crippen LogP contribution is 2.39. The van der Waals surface area contributed by atoms with Crippen molar-refractivity contribution in [2.24, 2.45) is 16.9 Å². The van der Waals surface area contributed by atoms with Crippen molar-refractivity contribution in [1.82, 2.24) is 24.6 Å². The summed E-state index contributed by atoms with van der Waals surface area (Å²) >= 11 is 0. The van der Waals surface area contributed by atoms with Gasteiger partial charge in [0.05, 0.1) is 31.4 Å². The number of ether oxygens (including phenoxy) is 2. The standard InChI is InChI=1S/C33H50N6O4/c1-5-42-28-15-14-25(23-29(28)43-6-2)32-26-11-7-8-12-27(26)33(41)39(34-32)30-13-9-10-16-38(30)31(40)24-37-21-19-36(20-22-37)18-17-35(3)4/h7-8,14-15,23,26-27,30H,5-6,9-13,16-22,24H2,1-4H3/t26-,27+,30?/m0/s1. The molecule has 3 aliphatic heterocycles. The normalized spacial score (nSPS) is 25.1. The van der Waals surface area contributed by atoms with Crippen molar-refractivity contribution in [3.05, 3.63) is 35.9 Å². The zero-order valence-electron chi connectivity index (χ0n) is 26.5. The van der Waals surface area contributed by atoms with Gasteiger partial charge in [0, 0.05) is 57.3 Å². The summed E-state index contributed by atoms with van der Waals surface area (Å²) in [6, 6.07) is 5.97. The lowest BCUT2D eigenvalue weighted by atomic mass is 9.76. The van der Waals surface area contributed by atoms with Crippen molar-refractivity contribution < 1.29 is 19.1 Å². The molecule has 236 valence electrons. The van der Waals surface area contributed by atoms with Crippen LogP contribution < -0.4 is 9.47 Å². The minimum absolute atomic E-state index is 0.00213. The van der Waals surface area contributed by atoms with E-state index in [1.165, 1.54) is 0 Å². The fraction of sp³-hybridized carbons (Fsp3) is 0.667. The number of nitrogens with zero attached hydrogens (tertiary/aromatic N) is 6. The van der Waals surface area contributed by atoms with Crippen LogP contribution in [0.5, 0.6) is 11.5 Å². The number of likely N-dealkylation sites (tertiary alicyclic amines) is 1. The summed E-state index contributed by atoms with van der Waals surface area (Å²) in [5.74, 6) is 1.34. The van der Waals surface area contributed by atoms with Gasteiger partial charge in [-0.1, -0.05) is 12.2 Å². The third-order valence-electron chi connectivity index (χ3n) is 9.14. The molecule has 0 saturated carbocycles. The van der Waals surface area contributed by atoms with Crippen LogP contribution in [0.15, 0.2) is 35.5 Å². The molecule has 1 aliphatic carbocycles. The summed E-state index contributed by atoms with van der Waals surface area (Å²) in [6.45, 7) is 11.9. The van der Waals surface area contributed by atoms with Gasteiger partial charge in [-0.05, 0) is 78.2 Å². The first-order valence-corrected chi connectivity index (χ1v) is 16.2. The molecule has 10 nitrogen and oxygen atoms in total. The van der Waals surface area contributed by atoms with E-state index in [-0.39, 0.29) is 29.8 Å². The molecule has 3 heterocycles. The highest BCUT2D eigenvalue weighted by molar-refractivity contribution is 6.07. The van der Waals surface area contributed by atoms with E-state index in [1.807, 2.05) is 36.9 Å². The number of hydrogen-bond acceptors (Lipinski definition) is 8. The van der Waals surface area contributed by atoms with Gasteiger partial charge in [0.25, 0.3) is 0 Å². The van der Waals surface area contributed by atoms with Crippen LogP contribution in [-0.2, 0) is 9.59 Å². The molecule has 2 saturated heterocycles. The van der Waals surface area contributed by atoms with E-state index in [1.54, 1.807) is 5.01 Å². The van der Waals surface area contributed by atoms with Gasteiger partial charge < -0.3 is 19.3 Å². The molecule has 1 aromatic carbocycles. The molecule has 2 amide bonds. The average molecular weight is 595 g/mol. The maximum atomic E-state index is 14.0. The molecule has 0 radical (unpaired) electrons. The maximum absolute atomic E-state index is 14.0. The average Bonchev–Trinajstić information content (AvgIpc) is 3.02. The van der Waals surface area contributed by atoms with Crippen LogP contribution in [0.25, 0.3) is 0 Å². The number of benzene rings is 1. The van der Waals surface area contributed by atoms with E-state index in [4.69, 9.17) is 14.6 Å². The maximum Gasteiger partial charge on any atom is 0.248 e. The largest absolute Gasteiger partial charge is 0.490 e. The fourth-order valence-electron chi connectivity index (χ4n) is 6.75. The van der Waals surface area contributed by atoms with E-state index in [0.29, 0.717) is 44.2 Å². The van der Waals surface area contributed by atoms with E-state index >= 15 is 0 Å². The smallest absolute Gasteiger partial charge is 0.248 e. The van der Waals surface area contributed by atoms with Crippen LogP contribution in [0, 0.1) is 11.8 Å². The van der Waals surface area contributed by atoms with E-state index in [2.05, 4.69) is 40.9 Å². The molecular weight excluding hydrogens is 544 g/mol. The SMILES string of the molecule is CCOc1ccc(C2=NN(C3CCCCN3C(=O)CN3CCN(CCN(C)C)CC3)C(=O)[C@@H]3CC=CC[C@H]23)cc1OCC. The summed E-state index contributed by atoms with van der Waals surface area (Å²) in [4.78, 5) is 36.7. The molecule has 0 N–H and O–H groups in total. The Kier molecular flexibility index (Phi) is 10.7. The Morgan fingerprint density at radius 2 is 1.63 bits per heavy atom. The number of fused-ring (bicyclic) bond motifs is 1. The highest BCUT2D eigenvalue weighted by atomic mass is 16.5. The molecule has 0 spiro atoms. The van der Waals surface area contributed by atoms with E-state index in [9.17, 15) is 9.59 Å². The minimum atomic E-state index is -0.356. The highest BCUT2D eigenvalue weighted by Gasteiger charge is 2.45. The predicted octanol–water partition coefficient (Wildman–Crippen LogP) is 3.13. The van der Waals surface area contributed by atoms with Crippen LogP contribution in [0.3, 0.4) is 0 Å². The van der Waals surface area contributed by atoms with Gasteiger partial charge in [0.1, 0.15) is 6.17 Å². The van der Waals surface area contributed by atoms with Crippen molar-refractivity contribution in [2.45, 2.75) is 52.1 Å². The van der Waals surface area contributed by atoms with Gasteiger partial charge in [-0.2, -0.15) is 5.10 Å². The Morgan fingerprint density at radius 3 is 2.35 bits per heavy atom. The van der Waals surface area contributed by atoms with Crippen molar-refractivity contribution >= 4 is 17.5 Å². The van der Waals surface area contributed by atoms with Gasteiger partial charge in [0.2, 0.25) is 11.8 Å². The molecule has 1 aromatic rings. The number of amides is 2. The number of likely N-dealkylation sites (N-methyl/N-ethyl adjacent to an activating group) is 1. The zero-order valence-corrected chi connectivity index (χ0v) is 26.5. The number of allylic oxidation sites excluding steroid dienone is 2. The number of carbonyl (C=O) groups is 2. The summed E-state index contributed by atoms with van der Waals surface area (Å²) < 4.78 is 11.7. The lowest BCUT2D eigenvalue weighted by Crippen LogP contribution is -2.59. The Morgan fingerprint density at radius 1 is 0.930 bits per heavy atom. The number of hydrazone groups is 1. The van der Waals surface area contributed by atoms with Crippen LogP contribution in [0.4, 0.5) is 0 Å². The molecular formula is C33H50N6O4. The fourth-order valence-corrected chi connectivity index (χ4v) is 6.75. The molecule has 0 aromatic heterocycles. The molecule has 2 fully saturated rings. The van der Waals surface area contributed by atoms with E-state index in [0.717, 1.165) is 76.2 Å². The summed E-state index contributed by atoms with van der Waals surface area (Å²) in [6.07, 6.45) is 8.05. The topological polar surface area (TPSA) is 81.2 Å². The first-order chi connectivity index (χ1) is 20.9. The second kappa shape index (κ2) is 14.7. The van der Waals surface area contributed by atoms with Gasteiger partial charge in [-0.25, -0.2) is 5.01 Å². The number of rotatable bonds is 11. The molecule has 3 atom stereocenters. The second-order valence-electron chi connectivity index (χ2n) is 12.3. The van der Waals surface area contributed by atoms with Crippen LogP contribution in [0.2, 0.25) is 0 Å². The number of carbonyl (C=O) groups excluding carboxylic acids is 2. The van der Waals surface area contributed by atoms with Gasteiger partial charge >= 0.3 is 0 Å². The number of piperidine rings is 1.